The normalized spacial score (nSPS) is 15.2. The van der Waals surface area contributed by atoms with Crippen molar-refractivity contribution in [2.75, 3.05) is 0 Å². The first kappa shape index (κ1) is 15.5. The fourth-order valence-corrected chi connectivity index (χ4v) is 2.91. The summed E-state index contributed by atoms with van der Waals surface area (Å²) in [7, 11) is 0. The summed E-state index contributed by atoms with van der Waals surface area (Å²) in [6, 6.07) is 0. The second-order valence-electron chi connectivity index (χ2n) is 4.73. The molecule has 0 radical (unpaired) electrons. The maximum Gasteiger partial charge on any atom is 0.0145 e. The van der Waals surface area contributed by atoms with Gasteiger partial charge in [0, 0.05) is 4.83 Å². The van der Waals surface area contributed by atoms with Crippen LogP contribution >= 0.6 is 15.9 Å². The molecule has 0 nitrogen and oxygen atoms in total. The highest BCUT2D eigenvalue weighted by Gasteiger charge is 2.07. The molecule has 1 heteroatoms. The fourth-order valence-electron chi connectivity index (χ4n) is 2.13. The molecule has 0 N–H and O–H groups in total. The van der Waals surface area contributed by atoms with E-state index in [1.54, 1.807) is 0 Å². The second-order valence-corrected chi connectivity index (χ2v) is 6.03. The molecule has 0 fully saturated rings. The molecule has 0 saturated heterocycles. The Hall–Kier alpha value is 0.480. The summed E-state index contributed by atoms with van der Waals surface area (Å²) >= 11 is 3.76. The summed E-state index contributed by atoms with van der Waals surface area (Å²) in [5, 5.41) is 0. The van der Waals surface area contributed by atoms with E-state index in [4.69, 9.17) is 0 Å². The van der Waals surface area contributed by atoms with Gasteiger partial charge in [-0.15, -0.1) is 0 Å². The van der Waals surface area contributed by atoms with Crippen LogP contribution in [0.15, 0.2) is 0 Å². The number of hydrogen-bond acceptors (Lipinski definition) is 0. The molecule has 0 aliphatic carbocycles. The molecule has 2 atom stereocenters. The summed E-state index contributed by atoms with van der Waals surface area (Å²) in [4.78, 5) is 0.770. The van der Waals surface area contributed by atoms with Gasteiger partial charge in [0.05, 0.1) is 0 Å². The lowest BCUT2D eigenvalue weighted by Crippen LogP contribution is -2.02. The van der Waals surface area contributed by atoms with Crippen molar-refractivity contribution >= 4 is 15.9 Å². The standard InChI is InChI=1S/C14H29Br/c1-4-7-10-13(6-3)11-8-12-14(15)9-5-2/h13-14H,4-12H2,1-3H3. The number of hydrogen-bond donors (Lipinski definition) is 0. The van der Waals surface area contributed by atoms with Gasteiger partial charge in [-0.3, -0.25) is 0 Å². The van der Waals surface area contributed by atoms with Gasteiger partial charge in [0.1, 0.15) is 0 Å². The smallest absolute Gasteiger partial charge is 0.0145 e. The Balaban J connectivity index is 3.44. The van der Waals surface area contributed by atoms with Crippen molar-refractivity contribution in [1.29, 1.82) is 0 Å². The largest absolute Gasteiger partial charge is 0.0891 e. The predicted molar refractivity (Wildman–Crippen MR) is 74.8 cm³/mol. The first-order valence-electron chi connectivity index (χ1n) is 6.88. The molecule has 0 saturated carbocycles. The summed E-state index contributed by atoms with van der Waals surface area (Å²) in [5.41, 5.74) is 0. The van der Waals surface area contributed by atoms with Crippen LogP contribution in [0.25, 0.3) is 0 Å². The molecule has 15 heavy (non-hydrogen) atoms. The van der Waals surface area contributed by atoms with Crippen molar-refractivity contribution in [3.05, 3.63) is 0 Å². The molecule has 0 rings (SSSR count). The van der Waals surface area contributed by atoms with Gasteiger partial charge in [-0.25, -0.2) is 0 Å². The monoisotopic (exact) mass is 276 g/mol. The van der Waals surface area contributed by atoms with Crippen LogP contribution in [0.4, 0.5) is 0 Å². The second kappa shape index (κ2) is 11.0. The Kier molecular flexibility index (Phi) is 11.3. The number of unbranched alkanes of at least 4 members (excludes halogenated alkanes) is 1. The third-order valence-electron chi connectivity index (χ3n) is 3.27. The quantitative estimate of drug-likeness (QED) is 0.434. The average molecular weight is 277 g/mol. The van der Waals surface area contributed by atoms with Gasteiger partial charge in [-0.05, 0) is 18.8 Å². The Bertz CT molecular complexity index is 123. The van der Waals surface area contributed by atoms with Crippen LogP contribution in [0, 0.1) is 5.92 Å². The lowest BCUT2D eigenvalue weighted by molar-refractivity contribution is 0.402. The van der Waals surface area contributed by atoms with Crippen molar-refractivity contribution in [3.8, 4) is 0 Å². The van der Waals surface area contributed by atoms with E-state index in [9.17, 15) is 0 Å². The number of halogens is 1. The SMILES string of the molecule is CCCCC(CC)CCCC(Br)CCC. The summed E-state index contributed by atoms with van der Waals surface area (Å²) in [6.45, 7) is 6.91. The number of alkyl halides is 1. The molecule has 0 spiro atoms. The van der Waals surface area contributed by atoms with E-state index in [-0.39, 0.29) is 0 Å². The minimum atomic E-state index is 0.770. The molecule has 0 aromatic carbocycles. The van der Waals surface area contributed by atoms with E-state index in [0.29, 0.717) is 0 Å². The molecule has 92 valence electrons. The zero-order valence-corrected chi connectivity index (χ0v) is 12.5. The van der Waals surface area contributed by atoms with E-state index in [2.05, 4.69) is 36.7 Å². The molecule has 0 aliphatic rings. The summed E-state index contributed by atoms with van der Waals surface area (Å²) in [6.07, 6.45) is 12.5. The first-order valence-corrected chi connectivity index (χ1v) is 7.80. The molecule has 0 bridgehead atoms. The Morgan fingerprint density at radius 3 is 2.00 bits per heavy atom. The topological polar surface area (TPSA) is 0 Å². The lowest BCUT2D eigenvalue weighted by atomic mass is 9.93. The van der Waals surface area contributed by atoms with E-state index in [0.717, 1.165) is 10.7 Å². The molecular weight excluding hydrogens is 248 g/mol. The van der Waals surface area contributed by atoms with Gasteiger partial charge in [0.2, 0.25) is 0 Å². The molecule has 0 amide bonds. The average Bonchev–Trinajstić information content (AvgIpc) is 2.23. The van der Waals surface area contributed by atoms with Crippen LogP contribution in [-0.4, -0.2) is 4.83 Å². The van der Waals surface area contributed by atoms with Crippen molar-refractivity contribution in [2.24, 2.45) is 5.92 Å². The van der Waals surface area contributed by atoms with Gasteiger partial charge in [-0.1, -0.05) is 81.6 Å². The molecule has 0 heterocycles. The van der Waals surface area contributed by atoms with Crippen LogP contribution in [0.2, 0.25) is 0 Å². The van der Waals surface area contributed by atoms with Crippen molar-refractivity contribution in [3.63, 3.8) is 0 Å². The van der Waals surface area contributed by atoms with E-state index in [1.165, 1.54) is 57.8 Å². The first-order chi connectivity index (χ1) is 7.24. The van der Waals surface area contributed by atoms with Crippen LogP contribution in [0.5, 0.6) is 0 Å². The fraction of sp³-hybridized carbons (Fsp3) is 1.00. The third-order valence-corrected chi connectivity index (χ3v) is 4.19. The Labute approximate surface area is 105 Å². The van der Waals surface area contributed by atoms with Crippen molar-refractivity contribution in [2.45, 2.75) is 83.4 Å². The van der Waals surface area contributed by atoms with Crippen molar-refractivity contribution < 1.29 is 0 Å². The van der Waals surface area contributed by atoms with Gasteiger partial charge >= 0.3 is 0 Å². The molecule has 2 unspecified atom stereocenters. The maximum atomic E-state index is 3.76. The van der Waals surface area contributed by atoms with Crippen LogP contribution < -0.4 is 0 Å². The number of rotatable bonds is 10. The molecular formula is C14H29Br. The molecule has 0 aromatic rings. The van der Waals surface area contributed by atoms with Gasteiger partial charge in [0.25, 0.3) is 0 Å². The van der Waals surface area contributed by atoms with Crippen LogP contribution in [0.3, 0.4) is 0 Å². The summed E-state index contributed by atoms with van der Waals surface area (Å²) < 4.78 is 0. The minimum absolute atomic E-state index is 0.770. The molecule has 0 aliphatic heterocycles. The maximum absolute atomic E-state index is 3.76. The Morgan fingerprint density at radius 1 is 0.800 bits per heavy atom. The zero-order valence-electron chi connectivity index (χ0n) is 10.9. The van der Waals surface area contributed by atoms with Gasteiger partial charge in [-0.2, -0.15) is 0 Å². The molecule has 0 aromatic heterocycles. The highest BCUT2D eigenvalue weighted by Crippen LogP contribution is 2.22. The zero-order chi connectivity index (χ0) is 11.5. The minimum Gasteiger partial charge on any atom is -0.0891 e. The van der Waals surface area contributed by atoms with E-state index in [1.807, 2.05) is 0 Å². The van der Waals surface area contributed by atoms with Crippen LogP contribution in [-0.2, 0) is 0 Å². The van der Waals surface area contributed by atoms with Gasteiger partial charge in [0.15, 0.2) is 0 Å². The van der Waals surface area contributed by atoms with Crippen molar-refractivity contribution in [1.82, 2.24) is 0 Å². The van der Waals surface area contributed by atoms with E-state index < -0.39 is 0 Å². The predicted octanol–water partition coefficient (Wildman–Crippen LogP) is 5.94. The van der Waals surface area contributed by atoms with E-state index >= 15 is 0 Å². The Morgan fingerprint density at radius 2 is 1.47 bits per heavy atom. The highest BCUT2D eigenvalue weighted by atomic mass is 79.9. The summed E-state index contributed by atoms with van der Waals surface area (Å²) in [5.74, 6) is 0.992. The highest BCUT2D eigenvalue weighted by molar-refractivity contribution is 9.09. The van der Waals surface area contributed by atoms with Crippen LogP contribution in [0.1, 0.15) is 78.6 Å². The third kappa shape index (κ3) is 9.41. The van der Waals surface area contributed by atoms with Gasteiger partial charge < -0.3 is 0 Å². The lowest BCUT2D eigenvalue weighted by Gasteiger charge is -2.15.